The molecule has 0 bridgehead atoms. The van der Waals surface area contributed by atoms with Crippen molar-refractivity contribution in [1.29, 1.82) is 0 Å². The number of hydrogen-bond acceptors (Lipinski definition) is 4. The maximum atomic E-state index is 12.4. The van der Waals surface area contributed by atoms with Crippen LogP contribution in [0.2, 0.25) is 5.02 Å². The quantitative estimate of drug-likeness (QED) is 0.653. The van der Waals surface area contributed by atoms with Crippen LogP contribution in [0.5, 0.6) is 0 Å². The van der Waals surface area contributed by atoms with Crippen LogP contribution in [0.4, 0.5) is 11.4 Å². The van der Waals surface area contributed by atoms with Crippen LogP contribution < -0.4 is 5.32 Å². The molecule has 25 heavy (non-hydrogen) atoms. The van der Waals surface area contributed by atoms with Crippen LogP contribution in [-0.4, -0.2) is 35.2 Å². The Bertz CT molecular complexity index is 821. The molecule has 2 amide bonds. The fourth-order valence-electron chi connectivity index (χ4n) is 2.12. The van der Waals surface area contributed by atoms with Crippen LogP contribution in [0.25, 0.3) is 0 Å². The summed E-state index contributed by atoms with van der Waals surface area (Å²) in [5.41, 5.74) is 1.59. The average Bonchev–Trinajstić information content (AvgIpc) is 2.56. The molecule has 0 saturated carbocycles. The van der Waals surface area contributed by atoms with E-state index in [4.69, 9.17) is 11.6 Å². The fourth-order valence-corrected chi connectivity index (χ4v) is 2.38. The van der Waals surface area contributed by atoms with Gasteiger partial charge in [0.1, 0.15) is 0 Å². The van der Waals surface area contributed by atoms with E-state index < -0.39 is 10.8 Å². The lowest BCUT2D eigenvalue weighted by Crippen LogP contribution is -2.35. The van der Waals surface area contributed by atoms with E-state index in [2.05, 4.69) is 5.32 Å². The molecule has 130 valence electrons. The van der Waals surface area contributed by atoms with Gasteiger partial charge < -0.3 is 10.2 Å². The molecule has 2 rings (SSSR count). The van der Waals surface area contributed by atoms with E-state index >= 15 is 0 Å². The zero-order valence-electron chi connectivity index (χ0n) is 13.7. The number of carbonyl (C=O) groups excluding carboxylic acids is 2. The molecule has 0 aromatic heterocycles. The Kier molecular flexibility index (Phi) is 5.71. The van der Waals surface area contributed by atoms with Gasteiger partial charge in [0.05, 0.1) is 22.1 Å². The van der Waals surface area contributed by atoms with Gasteiger partial charge in [-0.1, -0.05) is 29.3 Å². The van der Waals surface area contributed by atoms with E-state index in [-0.39, 0.29) is 28.7 Å². The van der Waals surface area contributed by atoms with E-state index in [9.17, 15) is 19.7 Å². The van der Waals surface area contributed by atoms with Gasteiger partial charge in [0.2, 0.25) is 5.91 Å². The second-order valence-corrected chi connectivity index (χ2v) is 5.90. The van der Waals surface area contributed by atoms with Crippen molar-refractivity contribution in [1.82, 2.24) is 4.90 Å². The molecular formula is C17H16ClN3O4. The lowest BCUT2D eigenvalue weighted by molar-refractivity contribution is -0.384. The zero-order valence-corrected chi connectivity index (χ0v) is 14.4. The maximum absolute atomic E-state index is 12.4. The van der Waals surface area contributed by atoms with Crippen molar-refractivity contribution in [2.24, 2.45) is 0 Å². The summed E-state index contributed by atoms with van der Waals surface area (Å²) in [4.78, 5) is 35.7. The molecule has 7 nitrogen and oxygen atoms in total. The van der Waals surface area contributed by atoms with E-state index in [1.165, 1.54) is 24.1 Å². The van der Waals surface area contributed by atoms with Crippen molar-refractivity contribution in [3.63, 3.8) is 0 Å². The van der Waals surface area contributed by atoms with Gasteiger partial charge >= 0.3 is 0 Å². The van der Waals surface area contributed by atoms with Crippen molar-refractivity contribution >= 4 is 34.8 Å². The third-order valence-corrected chi connectivity index (χ3v) is 3.77. The van der Waals surface area contributed by atoms with Gasteiger partial charge in [0.15, 0.2) is 0 Å². The summed E-state index contributed by atoms with van der Waals surface area (Å²) in [6.07, 6.45) is 0. The first-order valence-electron chi connectivity index (χ1n) is 7.34. The number of non-ortho nitro benzene ring substituents is 1. The number of nitrogens with zero attached hydrogens (tertiary/aromatic N) is 2. The van der Waals surface area contributed by atoms with E-state index in [0.29, 0.717) is 5.69 Å². The smallest absolute Gasteiger partial charge is 0.270 e. The monoisotopic (exact) mass is 361 g/mol. The molecule has 0 aliphatic rings. The van der Waals surface area contributed by atoms with Gasteiger partial charge in [-0.25, -0.2) is 0 Å². The van der Waals surface area contributed by atoms with Crippen LogP contribution in [0.1, 0.15) is 15.9 Å². The van der Waals surface area contributed by atoms with Crippen LogP contribution in [0.3, 0.4) is 0 Å². The van der Waals surface area contributed by atoms with E-state index in [0.717, 1.165) is 11.6 Å². The fraction of sp³-hybridized carbons (Fsp3) is 0.176. The molecule has 0 aliphatic heterocycles. The van der Waals surface area contributed by atoms with Crippen LogP contribution in [-0.2, 0) is 4.79 Å². The van der Waals surface area contributed by atoms with Crippen LogP contribution >= 0.6 is 11.6 Å². The lowest BCUT2D eigenvalue weighted by Gasteiger charge is -2.17. The summed E-state index contributed by atoms with van der Waals surface area (Å²) in [6.45, 7) is 1.76. The summed E-state index contributed by atoms with van der Waals surface area (Å²) in [5.74, 6) is -0.864. The number of benzene rings is 2. The van der Waals surface area contributed by atoms with Crippen molar-refractivity contribution < 1.29 is 14.5 Å². The first-order chi connectivity index (χ1) is 11.8. The second kappa shape index (κ2) is 7.76. The molecule has 0 atom stereocenters. The highest BCUT2D eigenvalue weighted by Crippen LogP contribution is 2.23. The second-order valence-electron chi connectivity index (χ2n) is 5.50. The van der Waals surface area contributed by atoms with Crippen molar-refractivity contribution in [2.45, 2.75) is 6.92 Å². The number of likely N-dealkylation sites (N-methyl/N-ethyl adjacent to an activating group) is 1. The molecule has 0 heterocycles. The normalized spacial score (nSPS) is 10.2. The lowest BCUT2D eigenvalue weighted by atomic mass is 10.2. The molecule has 2 aromatic carbocycles. The zero-order chi connectivity index (χ0) is 18.6. The molecule has 1 N–H and O–H groups in total. The summed E-state index contributed by atoms with van der Waals surface area (Å²) < 4.78 is 0. The predicted octanol–water partition coefficient (Wildman–Crippen LogP) is 3.27. The Labute approximate surface area is 149 Å². The number of nitro benzene ring substituents is 1. The third kappa shape index (κ3) is 4.77. The van der Waals surface area contributed by atoms with Gasteiger partial charge in [0, 0.05) is 24.9 Å². The average molecular weight is 362 g/mol. The predicted molar refractivity (Wildman–Crippen MR) is 94.9 cm³/mol. The van der Waals surface area contributed by atoms with Gasteiger partial charge in [-0.15, -0.1) is 0 Å². The molecule has 2 aromatic rings. The highest BCUT2D eigenvalue weighted by atomic mass is 35.5. The van der Waals surface area contributed by atoms with Gasteiger partial charge in [-0.05, 0) is 25.1 Å². The summed E-state index contributed by atoms with van der Waals surface area (Å²) in [7, 11) is 1.45. The highest BCUT2D eigenvalue weighted by molar-refractivity contribution is 6.34. The van der Waals surface area contributed by atoms with Gasteiger partial charge in [-0.3, -0.25) is 19.7 Å². The van der Waals surface area contributed by atoms with E-state index in [1.807, 2.05) is 19.1 Å². The molecule has 0 unspecified atom stereocenters. The SMILES string of the molecule is Cc1ccc(NC(=O)CN(C)C(=O)c2ccc([N+](=O)[O-])cc2Cl)cc1. The van der Waals surface area contributed by atoms with Gasteiger partial charge in [-0.2, -0.15) is 0 Å². The van der Waals surface area contributed by atoms with E-state index in [1.54, 1.807) is 12.1 Å². The first-order valence-corrected chi connectivity index (χ1v) is 7.71. The highest BCUT2D eigenvalue weighted by Gasteiger charge is 2.19. The minimum atomic E-state index is -0.598. The largest absolute Gasteiger partial charge is 0.332 e. The molecule has 0 aliphatic carbocycles. The number of rotatable bonds is 5. The van der Waals surface area contributed by atoms with Crippen LogP contribution in [0, 0.1) is 17.0 Å². The summed E-state index contributed by atoms with van der Waals surface area (Å²) >= 11 is 5.94. The first kappa shape index (κ1) is 18.4. The van der Waals surface area contributed by atoms with Gasteiger partial charge in [0.25, 0.3) is 11.6 Å². The number of halogens is 1. The molecule has 0 saturated heterocycles. The minimum absolute atomic E-state index is 0.0370. The number of hydrogen-bond donors (Lipinski definition) is 1. The molecule has 0 radical (unpaired) electrons. The Morgan fingerprint density at radius 2 is 1.84 bits per heavy atom. The Morgan fingerprint density at radius 1 is 1.20 bits per heavy atom. The number of nitro groups is 1. The third-order valence-electron chi connectivity index (χ3n) is 3.46. The number of aryl methyl sites for hydroxylation is 1. The van der Waals surface area contributed by atoms with Crippen molar-refractivity contribution in [3.8, 4) is 0 Å². The number of nitrogens with one attached hydrogen (secondary N) is 1. The summed E-state index contributed by atoms with van der Waals surface area (Å²) in [6, 6.07) is 10.8. The Balaban J connectivity index is 2.03. The molecule has 0 fully saturated rings. The standard InChI is InChI=1S/C17H16ClN3O4/c1-11-3-5-12(6-4-11)19-16(22)10-20(2)17(23)14-8-7-13(21(24)25)9-15(14)18/h3-9H,10H2,1-2H3,(H,19,22). The molecule has 8 heteroatoms. The number of anilines is 1. The maximum Gasteiger partial charge on any atom is 0.270 e. The minimum Gasteiger partial charge on any atom is -0.332 e. The number of amides is 2. The number of carbonyl (C=O) groups is 2. The Hall–Kier alpha value is -2.93. The topological polar surface area (TPSA) is 92.6 Å². The molecular weight excluding hydrogens is 346 g/mol. The van der Waals surface area contributed by atoms with Crippen molar-refractivity contribution in [3.05, 3.63) is 68.7 Å². The Morgan fingerprint density at radius 3 is 2.40 bits per heavy atom. The van der Waals surface area contributed by atoms with Crippen LogP contribution in [0.15, 0.2) is 42.5 Å². The summed E-state index contributed by atoms with van der Waals surface area (Å²) in [5, 5.41) is 13.4. The molecule has 0 spiro atoms. The van der Waals surface area contributed by atoms with Crippen molar-refractivity contribution in [2.75, 3.05) is 18.9 Å².